The molecule has 10 heteroatoms. The molecule has 0 atom stereocenters. The van der Waals surface area contributed by atoms with E-state index in [1.54, 1.807) is 6.07 Å². The number of aromatic nitrogens is 3. The van der Waals surface area contributed by atoms with Gasteiger partial charge in [-0.1, -0.05) is 0 Å². The Labute approximate surface area is 146 Å². The summed E-state index contributed by atoms with van der Waals surface area (Å²) in [5.41, 5.74) is 0.433. The quantitative estimate of drug-likeness (QED) is 0.750. The lowest BCUT2D eigenvalue weighted by Gasteiger charge is -2.11. The summed E-state index contributed by atoms with van der Waals surface area (Å²) in [7, 11) is -4.07. The van der Waals surface area contributed by atoms with E-state index in [1.165, 1.54) is 16.8 Å². The highest BCUT2D eigenvalue weighted by Gasteiger charge is 2.31. The van der Waals surface area contributed by atoms with Crippen LogP contribution in [0.1, 0.15) is 30.0 Å². The van der Waals surface area contributed by atoms with Gasteiger partial charge in [0.2, 0.25) is 0 Å². The fourth-order valence-corrected chi connectivity index (χ4v) is 3.63. The Kier molecular flexibility index (Phi) is 3.69. The maximum Gasteiger partial charge on any atom is 0.416 e. The van der Waals surface area contributed by atoms with Crippen molar-refractivity contribution in [3.63, 3.8) is 0 Å². The van der Waals surface area contributed by atoms with Gasteiger partial charge in [-0.3, -0.25) is 4.72 Å². The van der Waals surface area contributed by atoms with Crippen LogP contribution in [-0.2, 0) is 16.2 Å². The molecule has 1 aliphatic rings. The number of alkyl halides is 3. The first kappa shape index (κ1) is 16.8. The van der Waals surface area contributed by atoms with Crippen molar-refractivity contribution in [3.8, 4) is 0 Å². The van der Waals surface area contributed by atoms with E-state index < -0.39 is 21.8 Å². The van der Waals surface area contributed by atoms with Crippen molar-refractivity contribution in [2.24, 2.45) is 0 Å². The van der Waals surface area contributed by atoms with Crippen LogP contribution in [0.3, 0.4) is 0 Å². The van der Waals surface area contributed by atoms with E-state index in [9.17, 15) is 21.6 Å². The first-order valence-corrected chi connectivity index (χ1v) is 9.27. The number of benzene rings is 1. The molecule has 6 nitrogen and oxygen atoms in total. The molecule has 0 radical (unpaired) electrons. The zero-order valence-electron chi connectivity index (χ0n) is 13.2. The minimum absolute atomic E-state index is 0.168. The molecule has 0 amide bonds. The van der Waals surface area contributed by atoms with Gasteiger partial charge in [0.25, 0.3) is 10.0 Å². The lowest BCUT2D eigenvalue weighted by Crippen LogP contribution is -2.16. The van der Waals surface area contributed by atoms with E-state index in [-0.39, 0.29) is 10.7 Å². The van der Waals surface area contributed by atoms with Gasteiger partial charge in [-0.2, -0.15) is 22.8 Å². The van der Waals surface area contributed by atoms with E-state index in [0.717, 1.165) is 42.8 Å². The highest BCUT2D eigenvalue weighted by atomic mass is 32.2. The molecule has 26 heavy (non-hydrogen) atoms. The predicted molar refractivity (Wildman–Crippen MR) is 87.2 cm³/mol. The minimum atomic E-state index is -4.53. The molecular weight excluding hydrogens is 369 g/mol. The summed E-state index contributed by atoms with van der Waals surface area (Å²) in [5, 5.41) is 4.38. The minimum Gasteiger partial charge on any atom is -0.263 e. The highest BCUT2D eigenvalue weighted by Crippen LogP contribution is 2.39. The summed E-state index contributed by atoms with van der Waals surface area (Å²) in [6.07, 6.45) is -1.01. The molecule has 0 spiro atoms. The van der Waals surface area contributed by atoms with E-state index >= 15 is 0 Å². The van der Waals surface area contributed by atoms with Crippen molar-refractivity contribution >= 4 is 21.5 Å². The molecular formula is C16H13F3N4O2S. The third kappa shape index (κ3) is 3.12. The molecule has 1 N–H and O–H groups in total. The van der Waals surface area contributed by atoms with Crippen molar-refractivity contribution in [3.05, 3.63) is 53.9 Å². The molecule has 0 saturated heterocycles. The standard InChI is InChI=1S/C16H13F3N4O2S/c17-16(18,19)11-3-5-12(6-4-11)26(24,25)22-14-7-8-20-15-9-13(10-1-2-10)21-23(14)15/h3-10,22H,1-2H2. The predicted octanol–water partition coefficient (Wildman–Crippen LogP) is 3.43. The van der Waals surface area contributed by atoms with Crippen molar-refractivity contribution in [2.45, 2.75) is 29.8 Å². The number of nitrogens with one attached hydrogen (secondary N) is 1. The maximum atomic E-state index is 12.6. The van der Waals surface area contributed by atoms with Gasteiger partial charge in [-0.15, -0.1) is 0 Å². The third-order valence-corrected chi connectivity index (χ3v) is 5.47. The summed E-state index contributed by atoms with van der Waals surface area (Å²) in [6.45, 7) is 0. The monoisotopic (exact) mass is 382 g/mol. The van der Waals surface area contributed by atoms with Gasteiger partial charge in [0.05, 0.1) is 16.2 Å². The first-order valence-electron chi connectivity index (χ1n) is 7.79. The summed E-state index contributed by atoms with van der Waals surface area (Å²) in [6, 6.07) is 6.54. The Hall–Kier alpha value is -2.62. The molecule has 1 aliphatic carbocycles. The first-order chi connectivity index (χ1) is 12.2. The van der Waals surface area contributed by atoms with Gasteiger partial charge >= 0.3 is 6.18 Å². The van der Waals surface area contributed by atoms with Gasteiger partial charge in [0.1, 0.15) is 5.82 Å². The summed E-state index contributed by atoms with van der Waals surface area (Å²) in [4.78, 5) is 3.88. The molecule has 4 rings (SSSR count). The number of halogens is 3. The molecule has 0 unspecified atom stereocenters. The Morgan fingerprint density at radius 3 is 2.42 bits per heavy atom. The molecule has 136 valence electrons. The second-order valence-electron chi connectivity index (χ2n) is 6.07. The van der Waals surface area contributed by atoms with Crippen molar-refractivity contribution in [1.82, 2.24) is 14.6 Å². The topological polar surface area (TPSA) is 76.4 Å². The van der Waals surface area contributed by atoms with Crippen LogP contribution < -0.4 is 4.72 Å². The lowest BCUT2D eigenvalue weighted by molar-refractivity contribution is -0.137. The van der Waals surface area contributed by atoms with Crippen LogP contribution in [0.2, 0.25) is 0 Å². The molecule has 1 saturated carbocycles. The zero-order chi connectivity index (χ0) is 18.5. The molecule has 1 aromatic carbocycles. The number of nitrogens with zero attached hydrogens (tertiary/aromatic N) is 3. The van der Waals surface area contributed by atoms with Crippen molar-refractivity contribution in [2.75, 3.05) is 4.72 Å². The fraction of sp³-hybridized carbons (Fsp3) is 0.250. The molecule has 1 fully saturated rings. The highest BCUT2D eigenvalue weighted by molar-refractivity contribution is 7.92. The SMILES string of the molecule is O=S(=O)(Nc1ccnc2cc(C3CC3)nn12)c1ccc(C(F)(F)F)cc1. The molecule has 0 bridgehead atoms. The van der Waals surface area contributed by atoms with Crippen LogP contribution in [0, 0.1) is 0 Å². The van der Waals surface area contributed by atoms with E-state index in [2.05, 4.69) is 14.8 Å². The van der Waals surface area contributed by atoms with Gasteiger partial charge < -0.3 is 0 Å². The largest absolute Gasteiger partial charge is 0.416 e. The Bertz CT molecular complexity index is 1070. The van der Waals surface area contributed by atoms with Gasteiger partial charge in [0, 0.05) is 18.2 Å². The zero-order valence-corrected chi connectivity index (χ0v) is 14.0. The van der Waals surface area contributed by atoms with Crippen LogP contribution in [-0.4, -0.2) is 23.0 Å². The van der Waals surface area contributed by atoms with Crippen LogP contribution >= 0.6 is 0 Å². The molecule has 0 aliphatic heterocycles. The van der Waals surface area contributed by atoms with Crippen LogP contribution in [0.25, 0.3) is 5.65 Å². The average Bonchev–Trinajstić information content (AvgIpc) is 3.33. The van der Waals surface area contributed by atoms with Gasteiger partial charge in [-0.25, -0.2) is 13.4 Å². The Morgan fingerprint density at radius 1 is 1.12 bits per heavy atom. The average molecular weight is 382 g/mol. The number of rotatable bonds is 4. The van der Waals surface area contributed by atoms with E-state index in [0.29, 0.717) is 11.6 Å². The summed E-state index contributed by atoms with van der Waals surface area (Å²) >= 11 is 0. The smallest absolute Gasteiger partial charge is 0.263 e. The number of hydrogen-bond acceptors (Lipinski definition) is 4. The number of hydrogen-bond donors (Lipinski definition) is 1. The number of fused-ring (bicyclic) bond motifs is 1. The van der Waals surface area contributed by atoms with Gasteiger partial charge in [-0.05, 0) is 43.2 Å². The lowest BCUT2D eigenvalue weighted by atomic mass is 10.2. The van der Waals surface area contributed by atoms with Crippen LogP contribution in [0.5, 0.6) is 0 Å². The summed E-state index contributed by atoms with van der Waals surface area (Å²) in [5.74, 6) is 0.540. The second-order valence-corrected chi connectivity index (χ2v) is 7.75. The summed E-state index contributed by atoms with van der Waals surface area (Å²) < 4.78 is 66.6. The van der Waals surface area contributed by atoms with Crippen molar-refractivity contribution < 1.29 is 21.6 Å². The van der Waals surface area contributed by atoms with E-state index in [4.69, 9.17) is 0 Å². The maximum absolute atomic E-state index is 12.6. The normalized spacial score (nSPS) is 15.3. The molecule has 2 aromatic heterocycles. The van der Waals surface area contributed by atoms with Gasteiger partial charge in [0.15, 0.2) is 5.65 Å². The van der Waals surface area contributed by atoms with Crippen LogP contribution in [0.4, 0.5) is 19.0 Å². The Morgan fingerprint density at radius 2 is 1.81 bits per heavy atom. The Balaban J connectivity index is 1.66. The van der Waals surface area contributed by atoms with E-state index in [1.807, 2.05) is 0 Å². The number of anilines is 1. The third-order valence-electron chi connectivity index (χ3n) is 4.10. The van der Waals surface area contributed by atoms with Crippen LogP contribution in [0.15, 0.2) is 47.5 Å². The fourth-order valence-electron chi connectivity index (χ4n) is 2.59. The second kappa shape index (κ2) is 5.70. The van der Waals surface area contributed by atoms with Crippen molar-refractivity contribution in [1.29, 1.82) is 0 Å². The number of sulfonamides is 1. The molecule has 3 aromatic rings. The molecule has 2 heterocycles.